The molecule has 0 aromatic carbocycles. The third-order valence-electron chi connectivity index (χ3n) is 5.08. The van der Waals surface area contributed by atoms with Gasteiger partial charge in [-0.1, -0.05) is 13.8 Å². The van der Waals surface area contributed by atoms with Crippen molar-refractivity contribution in [3.8, 4) is 0 Å². The summed E-state index contributed by atoms with van der Waals surface area (Å²) in [4.78, 5) is 2.72. The quantitative estimate of drug-likeness (QED) is 0.818. The summed E-state index contributed by atoms with van der Waals surface area (Å²) >= 11 is 0. The first kappa shape index (κ1) is 13.4. The summed E-state index contributed by atoms with van der Waals surface area (Å²) in [6, 6.07) is 1.45. The van der Waals surface area contributed by atoms with Gasteiger partial charge in [-0.2, -0.15) is 0 Å². The highest BCUT2D eigenvalue weighted by Crippen LogP contribution is 2.35. The number of rotatable bonds is 3. The van der Waals surface area contributed by atoms with E-state index in [1.807, 2.05) is 6.92 Å². The summed E-state index contributed by atoms with van der Waals surface area (Å²) in [6.07, 6.45) is 7.60. The second kappa shape index (κ2) is 5.71. The molecule has 1 heterocycles. The van der Waals surface area contributed by atoms with Crippen LogP contribution in [0.3, 0.4) is 0 Å². The summed E-state index contributed by atoms with van der Waals surface area (Å²) in [6.45, 7) is 8.01. The SMILES string of the molecule is CC(O)CC1CCCN1C1CCC(C)C(C)C1. The first-order chi connectivity index (χ1) is 8.08. The number of aliphatic hydroxyl groups excluding tert-OH is 1. The molecule has 1 N–H and O–H groups in total. The Labute approximate surface area is 106 Å². The number of nitrogens with zero attached hydrogens (tertiary/aromatic N) is 1. The Kier molecular flexibility index (Phi) is 4.48. The van der Waals surface area contributed by atoms with Crippen molar-refractivity contribution in [3.05, 3.63) is 0 Å². The average molecular weight is 239 g/mol. The molecule has 0 bridgehead atoms. The average Bonchev–Trinajstić information content (AvgIpc) is 2.69. The smallest absolute Gasteiger partial charge is 0.0527 e. The molecule has 1 aliphatic carbocycles. The summed E-state index contributed by atoms with van der Waals surface area (Å²) in [5, 5.41) is 9.60. The zero-order valence-electron chi connectivity index (χ0n) is 11.7. The molecule has 1 aliphatic heterocycles. The van der Waals surface area contributed by atoms with Crippen molar-refractivity contribution < 1.29 is 5.11 Å². The van der Waals surface area contributed by atoms with E-state index in [4.69, 9.17) is 0 Å². The molecule has 17 heavy (non-hydrogen) atoms. The molecule has 2 nitrogen and oxygen atoms in total. The van der Waals surface area contributed by atoms with Gasteiger partial charge < -0.3 is 5.11 Å². The first-order valence-corrected chi connectivity index (χ1v) is 7.51. The van der Waals surface area contributed by atoms with Crippen molar-refractivity contribution in [2.24, 2.45) is 11.8 Å². The zero-order valence-corrected chi connectivity index (χ0v) is 11.7. The molecule has 1 saturated carbocycles. The standard InChI is InChI=1S/C15H29NO/c1-11-6-7-15(9-12(11)2)16-8-4-5-14(16)10-13(3)17/h11-15,17H,4-10H2,1-3H3. The topological polar surface area (TPSA) is 23.5 Å². The molecule has 2 aliphatic rings. The zero-order chi connectivity index (χ0) is 12.4. The number of hydrogen-bond acceptors (Lipinski definition) is 2. The van der Waals surface area contributed by atoms with Crippen LogP contribution in [0.1, 0.15) is 59.3 Å². The van der Waals surface area contributed by atoms with Crippen LogP contribution in [-0.2, 0) is 0 Å². The van der Waals surface area contributed by atoms with Gasteiger partial charge in [-0.3, -0.25) is 4.90 Å². The summed E-state index contributed by atoms with van der Waals surface area (Å²) in [5.74, 6) is 1.78. The summed E-state index contributed by atoms with van der Waals surface area (Å²) in [5.41, 5.74) is 0. The Morgan fingerprint density at radius 1 is 1.18 bits per heavy atom. The molecule has 100 valence electrons. The fraction of sp³-hybridized carbons (Fsp3) is 1.00. The molecule has 2 rings (SSSR count). The van der Waals surface area contributed by atoms with Crippen LogP contribution in [0.25, 0.3) is 0 Å². The van der Waals surface area contributed by atoms with E-state index < -0.39 is 0 Å². The van der Waals surface area contributed by atoms with Crippen molar-refractivity contribution >= 4 is 0 Å². The molecule has 0 radical (unpaired) electrons. The van der Waals surface area contributed by atoms with Crippen LogP contribution >= 0.6 is 0 Å². The van der Waals surface area contributed by atoms with E-state index in [-0.39, 0.29) is 6.10 Å². The van der Waals surface area contributed by atoms with E-state index in [1.165, 1.54) is 38.6 Å². The van der Waals surface area contributed by atoms with Gasteiger partial charge in [0.2, 0.25) is 0 Å². The maximum Gasteiger partial charge on any atom is 0.0527 e. The van der Waals surface area contributed by atoms with Crippen molar-refractivity contribution in [1.82, 2.24) is 4.90 Å². The molecular formula is C15H29NO. The predicted molar refractivity (Wildman–Crippen MR) is 72.0 cm³/mol. The molecule has 0 aromatic rings. The second-order valence-electron chi connectivity index (χ2n) is 6.54. The Hall–Kier alpha value is -0.0800. The summed E-state index contributed by atoms with van der Waals surface area (Å²) < 4.78 is 0. The lowest BCUT2D eigenvalue weighted by molar-refractivity contribution is 0.0710. The van der Waals surface area contributed by atoms with E-state index in [1.54, 1.807) is 0 Å². The van der Waals surface area contributed by atoms with Crippen molar-refractivity contribution in [2.45, 2.75) is 77.5 Å². The highest BCUT2D eigenvalue weighted by Gasteiger charge is 2.34. The lowest BCUT2D eigenvalue weighted by Gasteiger charge is -2.40. The van der Waals surface area contributed by atoms with Crippen molar-refractivity contribution in [1.29, 1.82) is 0 Å². The normalized spacial score (nSPS) is 41.6. The Bertz CT molecular complexity index is 241. The molecule has 5 atom stereocenters. The van der Waals surface area contributed by atoms with Crippen LogP contribution < -0.4 is 0 Å². The minimum Gasteiger partial charge on any atom is -0.393 e. The molecule has 0 amide bonds. The molecule has 2 fully saturated rings. The van der Waals surface area contributed by atoms with Crippen LogP contribution in [0, 0.1) is 11.8 Å². The third kappa shape index (κ3) is 3.23. The lowest BCUT2D eigenvalue weighted by Crippen LogP contribution is -2.43. The first-order valence-electron chi connectivity index (χ1n) is 7.51. The van der Waals surface area contributed by atoms with E-state index in [2.05, 4.69) is 18.7 Å². The van der Waals surface area contributed by atoms with Crippen molar-refractivity contribution in [3.63, 3.8) is 0 Å². The number of hydrogen-bond donors (Lipinski definition) is 1. The van der Waals surface area contributed by atoms with Crippen LogP contribution in [0.4, 0.5) is 0 Å². The van der Waals surface area contributed by atoms with Gasteiger partial charge in [0.25, 0.3) is 0 Å². The highest BCUT2D eigenvalue weighted by molar-refractivity contribution is 4.89. The number of likely N-dealkylation sites (tertiary alicyclic amines) is 1. The predicted octanol–water partition coefficient (Wildman–Crippen LogP) is 3.05. The van der Waals surface area contributed by atoms with Gasteiger partial charge in [0.15, 0.2) is 0 Å². The summed E-state index contributed by atoms with van der Waals surface area (Å²) in [7, 11) is 0. The monoisotopic (exact) mass is 239 g/mol. The van der Waals surface area contributed by atoms with Crippen LogP contribution in [0.15, 0.2) is 0 Å². The molecule has 0 spiro atoms. The maximum atomic E-state index is 9.60. The molecule has 5 unspecified atom stereocenters. The van der Waals surface area contributed by atoms with Crippen LogP contribution in [0.5, 0.6) is 0 Å². The van der Waals surface area contributed by atoms with E-state index >= 15 is 0 Å². The Morgan fingerprint density at radius 2 is 1.94 bits per heavy atom. The van der Waals surface area contributed by atoms with E-state index in [9.17, 15) is 5.11 Å². The molecule has 1 saturated heterocycles. The van der Waals surface area contributed by atoms with Gasteiger partial charge in [-0.05, 0) is 63.8 Å². The number of aliphatic hydroxyl groups is 1. The van der Waals surface area contributed by atoms with Gasteiger partial charge in [0, 0.05) is 12.1 Å². The minimum absolute atomic E-state index is 0.138. The fourth-order valence-electron chi connectivity index (χ4n) is 3.81. The van der Waals surface area contributed by atoms with Gasteiger partial charge in [0.1, 0.15) is 0 Å². The largest absolute Gasteiger partial charge is 0.393 e. The molecule has 2 heteroatoms. The lowest BCUT2D eigenvalue weighted by atomic mass is 9.78. The van der Waals surface area contributed by atoms with Gasteiger partial charge in [0.05, 0.1) is 6.10 Å². The molecular weight excluding hydrogens is 210 g/mol. The second-order valence-corrected chi connectivity index (χ2v) is 6.54. The maximum absolute atomic E-state index is 9.60. The highest BCUT2D eigenvalue weighted by atomic mass is 16.3. The van der Waals surface area contributed by atoms with E-state index in [0.717, 1.165) is 24.3 Å². The third-order valence-corrected chi connectivity index (χ3v) is 5.08. The fourth-order valence-corrected chi connectivity index (χ4v) is 3.81. The van der Waals surface area contributed by atoms with E-state index in [0.29, 0.717) is 6.04 Å². The molecule has 0 aromatic heterocycles. The van der Waals surface area contributed by atoms with Gasteiger partial charge >= 0.3 is 0 Å². The Balaban J connectivity index is 1.92. The van der Waals surface area contributed by atoms with Crippen LogP contribution in [0.2, 0.25) is 0 Å². The minimum atomic E-state index is -0.138. The van der Waals surface area contributed by atoms with Crippen molar-refractivity contribution in [2.75, 3.05) is 6.54 Å². The van der Waals surface area contributed by atoms with Crippen LogP contribution in [-0.4, -0.2) is 34.7 Å². The van der Waals surface area contributed by atoms with Gasteiger partial charge in [-0.25, -0.2) is 0 Å². The Morgan fingerprint density at radius 3 is 2.59 bits per heavy atom. The van der Waals surface area contributed by atoms with Gasteiger partial charge in [-0.15, -0.1) is 0 Å².